The molecular formula is C13H24N4. The lowest BCUT2D eigenvalue weighted by Gasteiger charge is -2.33. The lowest BCUT2D eigenvalue weighted by molar-refractivity contribution is 0.312. The summed E-state index contributed by atoms with van der Waals surface area (Å²) in [7, 11) is 2.16. The maximum Gasteiger partial charge on any atom is 0.128 e. The number of hydrogen-bond donors (Lipinski definition) is 1. The minimum absolute atomic E-state index is 0.565. The van der Waals surface area contributed by atoms with Crippen molar-refractivity contribution in [2.24, 2.45) is 5.73 Å². The van der Waals surface area contributed by atoms with Gasteiger partial charge >= 0.3 is 0 Å². The van der Waals surface area contributed by atoms with E-state index in [1.54, 1.807) is 0 Å². The van der Waals surface area contributed by atoms with Gasteiger partial charge in [-0.05, 0) is 18.7 Å². The number of rotatable bonds is 2. The molecule has 1 saturated heterocycles. The smallest absolute Gasteiger partial charge is 0.128 e. The van der Waals surface area contributed by atoms with Crippen LogP contribution in [0.2, 0.25) is 0 Å². The molecule has 0 bridgehead atoms. The van der Waals surface area contributed by atoms with E-state index in [0.717, 1.165) is 37.6 Å². The number of nitrogens with zero attached hydrogens (tertiary/aromatic N) is 3. The molecular weight excluding hydrogens is 212 g/mol. The van der Waals surface area contributed by atoms with E-state index in [2.05, 4.69) is 34.0 Å². The van der Waals surface area contributed by atoms with Crippen LogP contribution in [0.15, 0.2) is 18.3 Å². The predicted octanol–water partition coefficient (Wildman–Crippen LogP) is 1.32. The third-order valence-electron chi connectivity index (χ3n) is 2.87. The fourth-order valence-electron chi connectivity index (χ4n) is 1.76. The second-order valence-electron chi connectivity index (χ2n) is 4.02. The van der Waals surface area contributed by atoms with Gasteiger partial charge in [0.05, 0.1) is 0 Å². The number of pyridine rings is 1. The SMILES string of the molecule is CC.CN1CCN(c2ccc(CN)cn2)CC1. The molecule has 1 aliphatic heterocycles. The van der Waals surface area contributed by atoms with Crippen LogP contribution in [0.5, 0.6) is 0 Å². The zero-order chi connectivity index (χ0) is 12.7. The van der Waals surface area contributed by atoms with Gasteiger partial charge in [-0.1, -0.05) is 19.9 Å². The predicted molar refractivity (Wildman–Crippen MR) is 73.2 cm³/mol. The molecule has 96 valence electrons. The number of nitrogens with two attached hydrogens (primary N) is 1. The first-order valence-corrected chi connectivity index (χ1v) is 6.38. The quantitative estimate of drug-likeness (QED) is 0.841. The first-order valence-electron chi connectivity index (χ1n) is 6.38. The lowest BCUT2D eigenvalue weighted by atomic mass is 10.2. The van der Waals surface area contributed by atoms with Gasteiger partial charge in [0.25, 0.3) is 0 Å². The number of hydrogen-bond acceptors (Lipinski definition) is 4. The van der Waals surface area contributed by atoms with Crippen molar-refractivity contribution in [1.29, 1.82) is 0 Å². The van der Waals surface area contributed by atoms with Crippen LogP contribution in [0.4, 0.5) is 5.82 Å². The molecule has 1 aliphatic rings. The van der Waals surface area contributed by atoms with Crippen molar-refractivity contribution in [2.45, 2.75) is 20.4 Å². The van der Waals surface area contributed by atoms with Crippen LogP contribution >= 0.6 is 0 Å². The molecule has 17 heavy (non-hydrogen) atoms. The van der Waals surface area contributed by atoms with E-state index < -0.39 is 0 Å². The van der Waals surface area contributed by atoms with Crippen molar-refractivity contribution in [3.05, 3.63) is 23.9 Å². The lowest BCUT2D eigenvalue weighted by Crippen LogP contribution is -2.44. The van der Waals surface area contributed by atoms with Crippen molar-refractivity contribution in [3.8, 4) is 0 Å². The topological polar surface area (TPSA) is 45.4 Å². The van der Waals surface area contributed by atoms with Crippen LogP contribution in [-0.4, -0.2) is 43.1 Å². The molecule has 0 saturated carbocycles. The van der Waals surface area contributed by atoms with Crippen molar-refractivity contribution in [3.63, 3.8) is 0 Å². The van der Waals surface area contributed by atoms with E-state index in [1.165, 1.54) is 0 Å². The number of aromatic nitrogens is 1. The molecule has 1 fully saturated rings. The molecule has 0 atom stereocenters. The summed E-state index contributed by atoms with van der Waals surface area (Å²) < 4.78 is 0. The Hall–Kier alpha value is -1.13. The van der Waals surface area contributed by atoms with Crippen molar-refractivity contribution >= 4 is 5.82 Å². The fraction of sp³-hybridized carbons (Fsp3) is 0.615. The van der Waals surface area contributed by atoms with Gasteiger partial charge < -0.3 is 15.5 Å². The molecule has 4 nitrogen and oxygen atoms in total. The first-order chi connectivity index (χ1) is 8.29. The summed E-state index contributed by atoms with van der Waals surface area (Å²) in [5.74, 6) is 1.07. The molecule has 2 heterocycles. The highest BCUT2D eigenvalue weighted by Gasteiger charge is 2.14. The van der Waals surface area contributed by atoms with Crippen LogP contribution in [0, 0.1) is 0 Å². The number of piperazine rings is 1. The molecule has 0 aromatic carbocycles. The van der Waals surface area contributed by atoms with Gasteiger partial charge in [0.1, 0.15) is 5.82 Å². The molecule has 0 amide bonds. The molecule has 0 unspecified atom stereocenters. The third-order valence-corrected chi connectivity index (χ3v) is 2.87. The van der Waals surface area contributed by atoms with Gasteiger partial charge in [0.15, 0.2) is 0 Å². The van der Waals surface area contributed by atoms with Crippen LogP contribution in [0.25, 0.3) is 0 Å². The summed E-state index contributed by atoms with van der Waals surface area (Å²) >= 11 is 0. The van der Waals surface area contributed by atoms with Crippen LogP contribution < -0.4 is 10.6 Å². The van der Waals surface area contributed by atoms with E-state index in [1.807, 2.05) is 20.0 Å². The molecule has 0 radical (unpaired) electrons. The minimum atomic E-state index is 0.565. The van der Waals surface area contributed by atoms with Crippen LogP contribution in [0.3, 0.4) is 0 Å². The molecule has 0 spiro atoms. The van der Waals surface area contributed by atoms with Crippen LogP contribution in [0.1, 0.15) is 19.4 Å². The number of anilines is 1. The standard InChI is InChI=1S/C11H18N4.C2H6/c1-14-4-6-15(7-5-14)11-3-2-10(8-12)9-13-11;1-2/h2-3,9H,4-8,12H2,1H3;1-2H3. The van der Waals surface area contributed by atoms with Crippen molar-refractivity contribution in [1.82, 2.24) is 9.88 Å². The zero-order valence-corrected chi connectivity index (χ0v) is 11.2. The average molecular weight is 236 g/mol. The van der Waals surface area contributed by atoms with Crippen LogP contribution in [-0.2, 0) is 6.54 Å². The Morgan fingerprint density at radius 1 is 1.18 bits per heavy atom. The molecule has 1 aromatic heterocycles. The van der Waals surface area contributed by atoms with Gasteiger partial charge in [0, 0.05) is 38.9 Å². The maximum atomic E-state index is 5.54. The molecule has 0 aliphatic carbocycles. The molecule has 2 rings (SSSR count). The van der Waals surface area contributed by atoms with Crippen molar-refractivity contribution < 1.29 is 0 Å². The summed E-state index contributed by atoms with van der Waals surface area (Å²) in [5, 5.41) is 0. The zero-order valence-electron chi connectivity index (χ0n) is 11.2. The average Bonchev–Trinajstić information content (AvgIpc) is 2.42. The summed E-state index contributed by atoms with van der Waals surface area (Å²) in [5.41, 5.74) is 6.63. The van der Waals surface area contributed by atoms with E-state index >= 15 is 0 Å². The van der Waals surface area contributed by atoms with E-state index in [4.69, 9.17) is 5.73 Å². The first kappa shape index (κ1) is 13.9. The highest BCUT2D eigenvalue weighted by Crippen LogP contribution is 2.13. The third kappa shape index (κ3) is 3.98. The second kappa shape index (κ2) is 7.25. The monoisotopic (exact) mass is 236 g/mol. The van der Waals surface area contributed by atoms with Gasteiger partial charge in [-0.15, -0.1) is 0 Å². The Morgan fingerprint density at radius 3 is 2.29 bits per heavy atom. The van der Waals surface area contributed by atoms with Gasteiger partial charge in [-0.3, -0.25) is 0 Å². The summed E-state index contributed by atoms with van der Waals surface area (Å²) in [6.07, 6.45) is 1.87. The summed E-state index contributed by atoms with van der Waals surface area (Å²) in [4.78, 5) is 9.08. The largest absolute Gasteiger partial charge is 0.354 e. The number of likely N-dealkylation sites (N-methyl/N-ethyl adjacent to an activating group) is 1. The molecule has 4 heteroatoms. The summed E-state index contributed by atoms with van der Waals surface area (Å²) in [6.45, 7) is 8.91. The molecule has 1 aromatic rings. The Balaban J connectivity index is 0.000000686. The maximum absolute atomic E-state index is 5.54. The van der Waals surface area contributed by atoms with E-state index in [9.17, 15) is 0 Å². The highest BCUT2D eigenvalue weighted by molar-refractivity contribution is 5.39. The van der Waals surface area contributed by atoms with E-state index in [0.29, 0.717) is 6.54 Å². The highest BCUT2D eigenvalue weighted by atomic mass is 15.3. The fourth-order valence-corrected chi connectivity index (χ4v) is 1.76. The van der Waals surface area contributed by atoms with E-state index in [-0.39, 0.29) is 0 Å². The summed E-state index contributed by atoms with van der Waals surface area (Å²) in [6, 6.07) is 4.12. The van der Waals surface area contributed by atoms with Gasteiger partial charge in [-0.25, -0.2) is 4.98 Å². The Morgan fingerprint density at radius 2 is 1.82 bits per heavy atom. The minimum Gasteiger partial charge on any atom is -0.354 e. The van der Waals surface area contributed by atoms with Crippen molar-refractivity contribution in [2.75, 3.05) is 38.1 Å². The normalized spacial score (nSPS) is 16.4. The Labute approximate surface area is 104 Å². The van der Waals surface area contributed by atoms with Gasteiger partial charge in [0.2, 0.25) is 0 Å². The molecule has 2 N–H and O–H groups in total. The second-order valence-corrected chi connectivity index (χ2v) is 4.02. The van der Waals surface area contributed by atoms with Gasteiger partial charge in [-0.2, -0.15) is 0 Å². The Bertz CT molecular complexity index is 302. The Kier molecular flexibility index (Phi) is 5.94.